The Balaban J connectivity index is 1.91. The molecular weight excluding hydrogens is 448 g/mol. The zero-order chi connectivity index (χ0) is 22.8. The zero-order valence-electron chi connectivity index (χ0n) is 15.7. The van der Waals surface area contributed by atoms with E-state index < -0.39 is 35.1 Å². The highest BCUT2D eigenvalue weighted by atomic mass is 32.1. The molecule has 0 aliphatic rings. The highest BCUT2D eigenvalue weighted by molar-refractivity contribution is 7.12. The Labute approximate surface area is 175 Å². The van der Waals surface area contributed by atoms with Crippen molar-refractivity contribution >= 4 is 29.5 Å². The second-order valence-corrected chi connectivity index (χ2v) is 6.88. The molecule has 0 aliphatic heterocycles. The first-order chi connectivity index (χ1) is 14.5. The molecule has 0 N–H and O–H groups in total. The summed E-state index contributed by atoms with van der Waals surface area (Å²) < 4.78 is 84.1. The van der Waals surface area contributed by atoms with Crippen molar-refractivity contribution in [3.05, 3.63) is 63.9 Å². The normalized spacial score (nSPS) is 12.5. The van der Waals surface area contributed by atoms with Crippen LogP contribution in [-0.2, 0) is 17.1 Å². The van der Waals surface area contributed by atoms with Crippen molar-refractivity contribution in [2.45, 2.75) is 19.3 Å². The van der Waals surface area contributed by atoms with Gasteiger partial charge in [0.25, 0.3) is 0 Å². The summed E-state index contributed by atoms with van der Waals surface area (Å²) in [5, 5.41) is 4.85. The van der Waals surface area contributed by atoms with Crippen LogP contribution in [0.5, 0.6) is 0 Å². The molecule has 0 saturated heterocycles. The lowest BCUT2D eigenvalue weighted by Crippen LogP contribution is -2.18. The molecule has 12 heteroatoms. The number of alkyl halides is 6. The van der Waals surface area contributed by atoms with Crippen LogP contribution in [0.25, 0.3) is 17.3 Å². The van der Waals surface area contributed by atoms with Crippen LogP contribution in [0.15, 0.2) is 35.8 Å². The molecule has 0 unspecified atom stereocenters. The van der Waals surface area contributed by atoms with E-state index in [2.05, 4.69) is 14.8 Å². The minimum atomic E-state index is -4.90. The summed E-state index contributed by atoms with van der Waals surface area (Å²) in [6.45, 7) is 1.35. The van der Waals surface area contributed by atoms with Gasteiger partial charge in [-0.1, -0.05) is 18.2 Å². The predicted molar refractivity (Wildman–Crippen MR) is 101 cm³/mol. The van der Waals surface area contributed by atoms with Crippen LogP contribution < -0.4 is 0 Å². The van der Waals surface area contributed by atoms with Gasteiger partial charge in [-0.05, 0) is 30.7 Å². The number of rotatable bonds is 5. The van der Waals surface area contributed by atoms with Crippen LogP contribution in [-0.4, -0.2) is 27.3 Å². The van der Waals surface area contributed by atoms with Gasteiger partial charge in [-0.2, -0.15) is 31.4 Å². The Morgan fingerprint density at radius 2 is 1.90 bits per heavy atom. The third-order valence-corrected chi connectivity index (χ3v) is 4.72. The number of nitrogens with zero attached hydrogens (tertiary/aromatic N) is 3. The monoisotopic (exact) mass is 461 g/mol. The second kappa shape index (κ2) is 8.53. The average Bonchev–Trinajstić information content (AvgIpc) is 3.33. The maximum atomic E-state index is 13.5. The minimum Gasteiger partial charge on any atom is -0.462 e. The van der Waals surface area contributed by atoms with Gasteiger partial charge < -0.3 is 4.74 Å². The average molecular weight is 461 g/mol. The molecule has 3 aromatic rings. The molecule has 1 aromatic carbocycles. The van der Waals surface area contributed by atoms with Crippen molar-refractivity contribution in [3.63, 3.8) is 0 Å². The van der Waals surface area contributed by atoms with Gasteiger partial charge in [0, 0.05) is 5.38 Å². The van der Waals surface area contributed by atoms with Crippen molar-refractivity contribution < 1.29 is 35.9 Å². The Kier molecular flexibility index (Phi) is 6.20. The fourth-order valence-electron chi connectivity index (χ4n) is 2.57. The van der Waals surface area contributed by atoms with E-state index in [0.29, 0.717) is 4.68 Å². The summed E-state index contributed by atoms with van der Waals surface area (Å²) in [4.78, 5) is 15.9. The Hall–Kier alpha value is -3.15. The number of benzene rings is 1. The summed E-state index contributed by atoms with van der Waals surface area (Å²) in [5.74, 6) is -1.16. The van der Waals surface area contributed by atoms with E-state index in [1.54, 1.807) is 0 Å². The predicted octanol–water partition coefficient (Wildman–Crippen LogP) is 5.71. The molecule has 0 aliphatic carbocycles. The molecule has 0 radical (unpaired) electrons. The molecule has 0 bridgehead atoms. The summed E-state index contributed by atoms with van der Waals surface area (Å²) in [6, 6.07) is 4.55. The number of hydrogen-bond acceptors (Lipinski definition) is 5. The van der Waals surface area contributed by atoms with E-state index in [0.717, 1.165) is 29.7 Å². The number of hydrogen-bond donors (Lipinski definition) is 0. The van der Waals surface area contributed by atoms with Gasteiger partial charge in [0.05, 0.1) is 24.1 Å². The van der Waals surface area contributed by atoms with Crippen molar-refractivity contribution in [1.82, 2.24) is 14.8 Å². The van der Waals surface area contributed by atoms with E-state index in [-0.39, 0.29) is 23.0 Å². The quantitative estimate of drug-likeness (QED) is 0.361. The lowest BCUT2D eigenvalue weighted by Gasteiger charge is -2.10. The van der Waals surface area contributed by atoms with Gasteiger partial charge in [-0.25, -0.2) is 14.5 Å². The van der Waals surface area contributed by atoms with Crippen LogP contribution in [0, 0.1) is 0 Å². The Morgan fingerprint density at radius 3 is 2.55 bits per heavy atom. The molecule has 2 heterocycles. The maximum absolute atomic E-state index is 13.5. The molecule has 0 amide bonds. The number of thiazole rings is 1. The molecule has 5 nitrogen and oxygen atoms in total. The zero-order valence-corrected chi connectivity index (χ0v) is 16.5. The number of esters is 1. The molecule has 0 atom stereocenters. The van der Waals surface area contributed by atoms with Crippen molar-refractivity contribution in [2.24, 2.45) is 0 Å². The highest BCUT2D eigenvalue weighted by Crippen LogP contribution is 2.35. The van der Waals surface area contributed by atoms with Crippen LogP contribution >= 0.6 is 11.3 Å². The third-order valence-electron chi connectivity index (χ3n) is 3.88. The van der Waals surface area contributed by atoms with Crippen molar-refractivity contribution in [3.8, 4) is 5.13 Å². The van der Waals surface area contributed by atoms with E-state index >= 15 is 0 Å². The second-order valence-electron chi connectivity index (χ2n) is 6.05. The van der Waals surface area contributed by atoms with Gasteiger partial charge in [-0.3, -0.25) is 0 Å². The lowest BCUT2D eigenvalue weighted by atomic mass is 10.1. The SMILES string of the molecule is CCOC(=O)c1cnn(-c2nc(C=Cc3cccc(C(F)(F)F)c3)cs2)c1C(F)(F)F. The molecule has 3 rings (SSSR count). The van der Waals surface area contributed by atoms with Gasteiger partial charge in [0.1, 0.15) is 5.56 Å². The van der Waals surface area contributed by atoms with Crippen LogP contribution in [0.2, 0.25) is 0 Å². The molecular formula is C19H13F6N3O2S. The number of aromatic nitrogens is 3. The third kappa shape index (κ3) is 5.13. The Morgan fingerprint density at radius 1 is 1.16 bits per heavy atom. The van der Waals surface area contributed by atoms with Crippen LogP contribution in [0.3, 0.4) is 0 Å². The lowest BCUT2D eigenvalue weighted by molar-refractivity contribution is -0.143. The first-order valence-corrected chi connectivity index (χ1v) is 9.52. The fraction of sp³-hybridized carbons (Fsp3) is 0.211. The summed E-state index contributed by atoms with van der Waals surface area (Å²) in [7, 11) is 0. The molecule has 0 saturated carbocycles. The van der Waals surface area contributed by atoms with E-state index in [1.807, 2.05) is 0 Å². The highest BCUT2D eigenvalue weighted by Gasteiger charge is 2.41. The van der Waals surface area contributed by atoms with E-state index in [9.17, 15) is 31.1 Å². The van der Waals surface area contributed by atoms with Gasteiger partial charge in [0.2, 0.25) is 5.13 Å². The number of halogens is 6. The minimum absolute atomic E-state index is 0.108. The van der Waals surface area contributed by atoms with E-state index in [4.69, 9.17) is 0 Å². The van der Waals surface area contributed by atoms with E-state index in [1.165, 1.54) is 36.6 Å². The Bertz CT molecular complexity index is 1110. The summed E-state index contributed by atoms with van der Waals surface area (Å²) >= 11 is 0.820. The largest absolute Gasteiger partial charge is 0.462 e. The van der Waals surface area contributed by atoms with Gasteiger partial charge >= 0.3 is 18.3 Å². The number of carbonyl (C=O) groups excluding carboxylic acids is 1. The molecule has 0 fully saturated rings. The topological polar surface area (TPSA) is 57.0 Å². The van der Waals surface area contributed by atoms with Crippen LogP contribution in [0.1, 0.15) is 39.8 Å². The van der Waals surface area contributed by atoms with Crippen LogP contribution in [0.4, 0.5) is 26.3 Å². The first-order valence-electron chi connectivity index (χ1n) is 8.64. The van der Waals surface area contributed by atoms with Crippen molar-refractivity contribution in [2.75, 3.05) is 6.61 Å². The number of ether oxygens (including phenoxy) is 1. The number of carbonyl (C=O) groups is 1. The molecule has 164 valence electrons. The summed E-state index contributed by atoms with van der Waals surface area (Å²) in [5.41, 5.74) is -2.45. The molecule has 2 aromatic heterocycles. The maximum Gasteiger partial charge on any atom is 0.434 e. The molecule has 31 heavy (non-hydrogen) atoms. The van der Waals surface area contributed by atoms with Gasteiger partial charge in [-0.15, -0.1) is 11.3 Å². The smallest absolute Gasteiger partial charge is 0.434 e. The van der Waals surface area contributed by atoms with Gasteiger partial charge in [0.15, 0.2) is 5.69 Å². The summed E-state index contributed by atoms with van der Waals surface area (Å²) in [6.07, 6.45) is -5.94. The van der Waals surface area contributed by atoms with Crippen molar-refractivity contribution in [1.29, 1.82) is 0 Å². The fourth-order valence-corrected chi connectivity index (χ4v) is 3.33. The first kappa shape index (κ1) is 22.5. The standard InChI is InChI=1S/C19H13F6N3O2S/c1-2-30-16(29)14-9-26-28(15(14)19(23,24)25)17-27-13(10-31-17)7-6-11-4-3-5-12(8-11)18(20,21)22/h3-10H,2H2,1H3. The molecule has 0 spiro atoms.